The normalized spacial score (nSPS) is 23.0. The summed E-state index contributed by atoms with van der Waals surface area (Å²) in [6, 6.07) is 0. The summed E-state index contributed by atoms with van der Waals surface area (Å²) in [6.45, 7) is 11.2. The molecule has 1 N–H and O–H groups in total. The fourth-order valence-electron chi connectivity index (χ4n) is 1.41. The molecule has 0 aromatic carbocycles. The lowest BCUT2D eigenvalue weighted by Gasteiger charge is -2.14. The van der Waals surface area contributed by atoms with E-state index in [1.54, 1.807) is 0 Å². The maximum absolute atomic E-state index is 5.45. The van der Waals surface area contributed by atoms with E-state index in [0.29, 0.717) is 11.2 Å². The van der Waals surface area contributed by atoms with Crippen molar-refractivity contribution in [2.45, 2.75) is 39.0 Å². The van der Waals surface area contributed by atoms with Crippen LogP contribution < -0.4 is 5.32 Å². The van der Waals surface area contributed by atoms with Crippen molar-refractivity contribution in [1.29, 1.82) is 0 Å². The first-order valence-electron chi connectivity index (χ1n) is 5.70. The number of aliphatic imine (C=N–C) groups is 1. The molecule has 0 aliphatic carbocycles. The molecule has 15 heavy (non-hydrogen) atoms. The van der Waals surface area contributed by atoms with Crippen LogP contribution >= 0.6 is 11.8 Å². The smallest absolute Gasteiger partial charge is 0.157 e. The highest BCUT2D eigenvalue weighted by Gasteiger charge is 2.22. The molecule has 4 heteroatoms. The lowest BCUT2D eigenvalue weighted by atomic mass is 10.1. The largest absolute Gasteiger partial charge is 0.377 e. The van der Waals surface area contributed by atoms with Gasteiger partial charge in [0, 0.05) is 18.4 Å². The molecular weight excluding hydrogens is 208 g/mol. The molecule has 0 bridgehead atoms. The van der Waals surface area contributed by atoms with Gasteiger partial charge in [0.15, 0.2) is 5.17 Å². The first kappa shape index (κ1) is 12.8. The molecule has 0 fully saturated rings. The summed E-state index contributed by atoms with van der Waals surface area (Å²) in [5, 5.41) is 5.07. The first-order valence-corrected chi connectivity index (χ1v) is 6.58. The summed E-state index contributed by atoms with van der Waals surface area (Å²) in [6.07, 6.45) is 0.261. The number of nitrogens with one attached hydrogen (secondary N) is 1. The molecule has 0 aromatic rings. The zero-order valence-corrected chi connectivity index (χ0v) is 10.9. The van der Waals surface area contributed by atoms with Gasteiger partial charge in [-0.1, -0.05) is 25.6 Å². The standard InChI is InChI=1S/C11H22N2OS/c1-5-14-9(4)6-12-11-13-7-10(15-11)8(2)3/h8-10H,5-7H2,1-4H3,(H,12,13). The number of ether oxygens (including phenoxy) is 1. The number of thioether (sulfide) groups is 1. The summed E-state index contributed by atoms with van der Waals surface area (Å²) in [4.78, 5) is 4.48. The monoisotopic (exact) mass is 230 g/mol. The maximum Gasteiger partial charge on any atom is 0.157 e. The van der Waals surface area contributed by atoms with Crippen LogP contribution in [0.5, 0.6) is 0 Å². The van der Waals surface area contributed by atoms with Crippen molar-refractivity contribution in [3.05, 3.63) is 0 Å². The Labute approximate surface area is 97.1 Å². The van der Waals surface area contributed by atoms with Gasteiger partial charge in [-0.3, -0.25) is 4.99 Å². The van der Waals surface area contributed by atoms with Crippen molar-refractivity contribution < 1.29 is 4.74 Å². The maximum atomic E-state index is 5.45. The predicted octanol–water partition coefficient (Wildman–Crippen LogP) is 2.13. The van der Waals surface area contributed by atoms with Crippen molar-refractivity contribution in [2.24, 2.45) is 10.9 Å². The number of hydrogen-bond donors (Lipinski definition) is 1. The Bertz CT molecular complexity index is 219. The molecule has 3 nitrogen and oxygen atoms in total. The van der Waals surface area contributed by atoms with E-state index in [1.807, 2.05) is 18.7 Å². The van der Waals surface area contributed by atoms with Crippen LogP contribution in [0, 0.1) is 5.92 Å². The van der Waals surface area contributed by atoms with Crippen LogP contribution in [0.15, 0.2) is 4.99 Å². The Morgan fingerprint density at radius 1 is 1.53 bits per heavy atom. The molecule has 88 valence electrons. The fourth-order valence-corrected chi connectivity index (χ4v) is 2.43. The van der Waals surface area contributed by atoms with E-state index in [2.05, 4.69) is 31.1 Å². The molecule has 0 radical (unpaired) electrons. The van der Waals surface area contributed by atoms with Crippen molar-refractivity contribution in [3.63, 3.8) is 0 Å². The molecule has 1 aliphatic heterocycles. The summed E-state index contributed by atoms with van der Waals surface area (Å²) >= 11 is 1.86. The molecule has 2 unspecified atom stereocenters. The highest BCUT2D eigenvalue weighted by molar-refractivity contribution is 8.14. The van der Waals surface area contributed by atoms with Crippen LogP contribution in [-0.2, 0) is 4.74 Å². The van der Waals surface area contributed by atoms with Gasteiger partial charge in [0.05, 0.1) is 12.6 Å². The molecule has 0 amide bonds. The number of nitrogens with zero attached hydrogens (tertiary/aromatic N) is 1. The van der Waals surface area contributed by atoms with E-state index in [4.69, 9.17) is 4.74 Å². The van der Waals surface area contributed by atoms with Gasteiger partial charge in [-0.25, -0.2) is 0 Å². The van der Waals surface area contributed by atoms with Crippen molar-refractivity contribution in [1.82, 2.24) is 5.32 Å². The van der Waals surface area contributed by atoms with E-state index in [-0.39, 0.29) is 6.10 Å². The molecular formula is C11H22N2OS. The van der Waals surface area contributed by atoms with Crippen molar-refractivity contribution in [2.75, 3.05) is 19.7 Å². The molecule has 1 heterocycles. The predicted molar refractivity (Wildman–Crippen MR) is 67.6 cm³/mol. The van der Waals surface area contributed by atoms with Gasteiger partial charge in [-0.05, 0) is 19.8 Å². The minimum Gasteiger partial charge on any atom is -0.377 e. The van der Waals surface area contributed by atoms with Crippen LogP contribution in [0.3, 0.4) is 0 Å². The minimum atomic E-state index is 0.261. The fraction of sp³-hybridized carbons (Fsp3) is 0.909. The summed E-state index contributed by atoms with van der Waals surface area (Å²) in [5.74, 6) is 0.697. The van der Waals surface area contributed by atoms with Gasteiger partial charge in [-0.2, -0.15) is 0 Å². The van der Waals surface area contributed by atoms with E-state index < -0.39 is 0 Å². The zero-order chi connectivity index (χ0) is 11.3. The summed E-state index contributed by atoms with van der Waals surface area (Å²) in [5.41, 5.74) is 0. The molecule has 0 saturated carbocycles. The lowest BCUT2D eigenvalue weighted by molar-refractivity contribution is 0.0796. The van der Waals surface area contributed by atoms with E-state index >= 15 is 0 Å². The van der Waals surface area contributed by atoms with Gasteiger partial charge < -0.3 is 10.1 Å². The number of hydrogen-bond acceptors (Lipinski definition) is 4. The second-order valence-electron chi connectivity index (χ2n) is 4.19. The van der Waals surface area contributed by atoms with Crippen LogP contribution in [-0.4, -0.2) is 36.2 Å². The van der Waals surface area contributed by atoms with E-state index in [0.717, 1.165) is 24.9 Å². The van der Waals surface area contributed by atoms with Crippen LogP contribution in [0.4, 0.5) is 0 Å². The molecule has 0 spiro atoms. The molecule has 0 saturated heterocycles. The Kier molecular flexibility index (Phi) is 5.47. The second-order valence-corrected chi connectivity index (χ2v) is 5.42. The zero-order valence-electron chi connectivity index (χ0n) is 10.1. The average molecular weight is 230 g/mol. The molecule has 2 atom stereocenters. The number of amidine groups is 1. The quantitative estimate of drug-likeness (QED) is 0.785. The third-order valence-electron chi connectivity index (χ3n) is 2.41. The van der Waals surface area contributed by atoms with Crippen molar-refractivity contribution in [3.8, 4) is 0 Å². The van der Waals surface area contributed by atoms with Gasteiger partial charge >= 0.3 is 0 Å². The molecule has 0 aromatic heterocycles. The van der Waals surface area contributed by atoms with Crippen LogP contribution in [0.2, 0.25) is 0 Å². The SMILES string of the molecule is CCOC(C)CNC1=NCC(C(C)C)S1. The lowest BCUT2D eigenvalue weighted by Crippen LogP contribution is -2.30. The van der Waals surface area contributed by atoms with Gasteiger partial charge in [0.2, 0.25) is 0 Å². The Morgan fingerprint density at radius 2 is 2.27 bits per heavy atom. The van der Waals surface area contributed by atoms with E-state index in [9.17, 15) is 0 Å². The van der Waals surface area contributed by atoms with Gasteiger partial charge in [-0.15, -0.1) is 0 Å². The Hall–Kier alpha value is -0.220. The Morgan fingerprint density at radius 3 is 2.80 bits per heavy atom. The number of rotatable bonds is 5. The summed E-state index contributed by atoms with van der Waals surface area (Å²) < 4.78 is 5.45. The third-order valence-corrected chi connectivity index (χ3v) is 3.91. The molecule has 1 rings (SSSR count). The summed E-state index contributed by atoms with van der Waals surface area (Å²) in [7, 11) is 0. The van der Waals surface area contributed by atoms with Gasteiger partial charge in [0.1, 0.15) is 0 Å². The third kappa shape index (κ3) is 4.43. The highest BCUT2D eigenvalue weighted by atomic mass is 32.2. The molecule has 1 aliphatic rings. The van der Waals surface area contributed by atoms with Crippen LogP contribution in [0.1, 0.15) is 27.7 Å². The second kappa shape index (κ2) is 6.38. The topological polar surface area (TPSA) is 33.6 Å². The Balaban J connectivity index is 2.19. The highest BCUT2D eigenvalue weighted by Crippen LogP contribution is 2.25. The average Bonchev–Trinajstić information content (AvgIpc) is 2.63. The minimum absolute atomic E-state index is 0.261. The van der Waals surface area contributed by atoms with Gasteiger partial charge in [0.25, 0.3) is 0 Å². The first-order chi connectivity index (χ1) is 7.13. The van der Waals surface area contributed by atoms with Crippen molar-refractivity contribution >= 4 is 16.9 Å². The van der Waals surface area contributed by atoms with E-state index in [1.165, 1.54) is 0 Å². The van der Waals surface area contributed by atoms with Crippen LogP contribution in [0.25, 0.3) is 0 Å².